The molecule has 302 valence electrons. The topological polar surface area (TPSA) is 314 Å². The smallest absolute Gasteiger partial charge is 0.520 e. The van der Waals surface area contributed by atoms with E-state index in [1.807, 2.05) is 6.92 Å². The van der Waals surface area contributed by atoms with Gasteiger partial charge in [-0.15, -0.1) is 0 Å². The van der Waals surface area contributed by atoms with Crippen LogP contribution in [0, 0.1) is 11.8 Å². The van der Waals surface area contributed by atoms with Crippen LogP contribution in [0.15, 0.2) is 17.1 Å². The van der Waals surface area contributed by atoms with Crippen LogP contribution in [0.4, 0.5) is 0 Å². The summed E-state index contributed by atoms with van der Waals surface area (Å²) in [6.07, 6.45) is 2.09. The number of hydrogen-bond donors (Lipinski definition) is 4. The average molecular weight is 778 g/mol. The van der Waals surface area contributed by atoms with Crippen LogP contribution in [0.3, 0.4) is 0 Å². The normalized spacial score (nSPS) is 14.5. The molecule has 2 unspecified atom stereocenters. The van der Waals surface area contributed by atoms with Gasteiger partial charge in [-0.3, -0.25) is 33.3 Å². The van der Waals surface area contributed by atoms with Gasteiger partial charge in [-0.2, -0.15) is 15.2 Å². The molecular weight excluding hydrogens is 726 g/mol. The predicted octanol–water partition coefficient (Wildman–Crippen LogP) is -2.76. The largest absolute Gasteiger partial charge is 0.564 e. The van der Waals surface area contributed by atoms with Crippen molar-refractivity contribution in [2.75, 3.05) is 52.5 Å². The van der Waals surface area contributed by atoms with Crippen LogP contribution in [0.1, 0.15) is 88.4 Å². The van der Waals surface area contributed by atoms with Gasteiger partial charge in [0.05, 0.1) is 26.3 Å². The van der Waals surface area contributed by atoms with E-state index in [0.717, 1.165) is 12.8 Å². The Labute approximate surface area is 316 Å². The van der Waals surface area contributed by atoms with Gasteiger partial charge < -0.3 is 42.1 Å². The van der Waals surface area contributed by atoms with E-state index in [4.69, 9.17) is 31.5 Å². The van der Waals surface area contributed by atoms with Crippen LogP contribution in [-0.2, 0) is 37.2 Å². The Bertz CT molecular complexity index is 1730. The van der Waals surface area contributed by atoms with E-state index in [9.17, 15) is 33.6 Å². The summed E-state index contributed by atoms with van der Waals surface area (Å²) >= 11 is 0. The zero-order chi connectivity index (χ0) is 40.7. The van der Waals surface area contributed by atoms with Crippen molar-refractivity contribution in [2.24, 2.45) is 28.3 Å². The molecule has 0 saturated heterocycles. The third-order valence-corrected chi connectivity index (χ3v) is 8.41. The van der Waals surface area contributed by atoms with Crippen LogP contribution in [0.5, 0.6) is 0 Å². The molecule has 4 heterocycles. The van der Waals surface area contributed by atoms with Gasteiger partial charge >= 0.3 is 11.9 Å². The van der Waals surface area contributed by atoms with Gasteiger partial charge in [-0.05, 0) is 40.0 Å². The van der Waals surface area contributed by atoms with Crippen molar-refractivity contribution in [1.29, 1.82) is 0 Å². The highest BCUT2D eigenvalue weighted by molar-refractivity contribution is 5.99. The minimum Gasteiger partial charge on any atom is -0.564 e. The lowest BCUT2D eigenvalue weighted by Gasteiger charge is -2.27. The molecule has 2 atom stereocenters. The van der Waals surface area contributed by atoms with Crippen molar-refractivity contribution < 1.29 is 53.5 Å². The Hall–Kier alpha value is -5.90. The number of nitrogens with two attached hydrogens (primary N) is 2. The molecule has 0 radical (unpaired) electrons. The summed E-state index contributed by atoms with van der Waals surface area (Å²) in [7, 11) is 0. The standard InChI is InChI=1S/C17H26N4O6.C16H23N7O5/c1-3-26-27-9-5-4-6-20-7-8-21-14(16(20)23)10-13(19-21)15(22)18-11-12(2)17(24)25;1-9(15(27)28)8-19-13(25)10-7-11-14(26)22(5-6-23(11)21-10)4-2-3-12(24)20-16(17)18/h10,12H,3-9,11H2,1-2H3,(H,18,22)(H,24,25);7,9H,2-6,8H2,1H3,(H,19,25)(H,27,28)(H4,17,18,20,24)/p+2. The number of aliphatic imine (C=N–C) groups is 1. The Morgan fingerprint density at radius 2 is 1.25 bits per heavy atom. The number of unbranched alkanes of at least 4 members (excludes halogenated alkanes) is 1. The number of nitrogens with one attached hydrogen (secondary N) is 2. The highest BCUT2D eigenvalue weighted by Crippen LogP contribution is 2.16. The maximum atomic E-state index is 12.6. The third kappa shape index (κ3) is 13.2. The molecule has 0 aliphatic carbocycles. The number of carbonyl (C=O) groups excluding carboxylic acids is 7. The first-order valence-corrected chi connectivity index (χ1v) is 17.8. The lowest BCUT2D eigenvalue weighted by Crippen LogP contribution is -2.41. The number of rotatable bonds is 19. The number of guanidine groups is 1. The van der Waals surface area contributed by atoms with Crippen molar-refractivity contribution in [3.63, 3.8) is 0 Å². The molecule has 0 saturated carbocycles. The van der Waals surface area contributed by atoms with Crippen molar-refractivity contribution in [3.8, 4) is 0 Å². The second kappa shape index (κ2) is 21.1. The van der Waals surface area contributed by atoms with Gasteiger partial charge in [-0.25, -0.2) is 9.78 Å². The molecular formula is C33H51N11O11+2. The zero-order valence-corrected chi connectivity index (χ0v) is 31.2. The monoisotopic (exact) mass is 777 g/mol. The fourth-order valence-corrected chi connectivity index (χ4v) is 5.21. The summed E-state index contributed by atoms with van der Waals surface area (Å²) < 4.78 is 2.99. The van der Waals surface area contributed by atoms with Crippen LogP contribution in [0.25, 0.3) is 0 Å². The van der Waals surface area contributed by atoms with E-state index in [1.54, 1.807) is 16.7 Å². The first kappa shape index (κ1) is 43.5. The van der Waals surface area contributed by atoms with Crippen LogP contribution in [-0.4, -0.2) is 139 Å². The Balaban J connectivity index is 0.000000296. The van der Waals surface area contributed by atoms with Crippen molar-refractivity contribution in [2.45, 2.75) is 59.5 Å². The van der Waals surface area contributed by atoms with E-state index >= 15 is 0 Å². The van der Waals surface area contributed by atoms with E-state index in [0.29, 0.717) is 64.6 Å². The van der Waals surface area contributed by atoms with Gasteiger partial charge in [0, 0.05) is 67.4 Å². The Morgan fingerprint density at radius 3 is 1.69 bits per heavy atom. The highest BCUT2D eigenvalue weighted by atomic mass is 17.2. The zero-order valence-electron chi connectivity index (χ0n) is 31.2. The molecule has 55 heavy (non-hydrogen) atoms. The molecule has 2 aromatic heterocycles. The first-order chi connectivity index (χ1) is 26.1. The van der Waals surface area contributed by atoms with Crippen molar-refractivity contribution in [1.82, 2.24) is 40.0 Å². The molecule has 2 aliphatic heterocycles. The summed E-state index contributed by atoms with van der Waals surface area (Å²) in [5.41, 5.74) is 11.1. The molecule has 22 nitrogen and oxygen atoms in total. The van der Waals surface area contributed by atoms with Crippen LogP contribution >= 0.6 is 0 Å². The van der Waals surface area contributed by atoms with Gasteiger partial charge in [0.2, 0.25) is 5.91 Å². The Morgan fingerprint density at radius 1 is 0.782 bits per heavy atom. The van der Waals surface area contributed by atoms with Crippen molar-refractivity contribution >= 4 is 47.4 Å². The molecule has 0 aromatic carbocycles. The molecule has 4 rings (SSSR count). The molecule has 22 heteroatoms. The molecule has 10 N–H and O–H groups in total. The second-order valence-electron chi connectivity index (χ2n) is 12.8. The van der Waals surface area contributed by atoms with E-state index in [-0.39, 0.29) is 54.4 Å². The highest BCUT2D eigenvalue weighted by Gasteiger charge is 2.30. The lowest BCUT2D eigenvalue weighted by atomic mass is 10.2. The summed E-state index contributed by atoms with van der Waals surface area (Å²) in [5, 5.41) is 27.4. The minimum atomic E-state index is -0.770. The SMILES string of the molecule is CC(CNC(=O)c1cc2n(n1)CCN(CCCC(=O)N=C(N)N)C2=O)C(=O)[OH2+].CCOOCCCCN1CCn2nc(C(=O)NCC(C)C(=O)[OH2+])cc2C1=O. The minimum absolute atomic E-state index is 0.0211. The van der Waals surface area contributed by atoms with Gasteiger partial charge in [0.15, 0.2) is 17.3 Å². The molecule has 5 amide bonds. The number of fused-ring (bicyclic) bond motifs is 2. The third-order valence-electron chi connectivity index (χ3n) is 8.41. The maximum absolute atomic E-state index is 12.6. The van der Waals surface area contributed by atoms with Gasteiger partial charge in [0.25, 0.3) is 23.6 Å². The number of hydrogen-bond acceptors (Lipinski definition) is 11. The maximum Gasteiger partial charge on any atom is 0.520 e. The summed E-state index contributed by atoms with van der Waals surface area (Å²) in [6, 6.07) is 2.86. The van der Waals surface area contributed by atoms with E-state index in [1.165, 1.54) is 28.4 Å². The predicted molar refractivity (Wildman–Crippen MR) is 193 cm³/mol. The lowest BCUT2D eigenvalue weighted by molar-refractivity contribution is -0.291. The molecule has 0 bridgehead atoms. The molecule has 2 aromatic rings. The fraction of sp³-hybridized carbons (Fsp3) is 0.576. The van der Waals surface area contributed by atoms with E-state index in [2.05, 4.69) is 25.8 Å². The molecule has 0 fully saturated rings. The first-order valence-electron chi connectivity index (χ1n) is 17.8. The van der Waals surface area contributed by atoms with Crippen LogP contribution < -0.4 is 22.1 Å². The van der Waals surface area contributed by atoms with Crippen molar-refractivity contribution in [3.05, 3.63) is 34.9 Å². The Kier molecular flexibility index (Phi) is 16.7. The van der Waals surface area contributed by atoms with Gasteiger partial charge in [0.1, 0.15) is 23.2 Å². The fourth-order valence-electron chi connectivity index (χ4n) is 5.21. The average Bonchev–Trinajstić information content (AvgIpc) is 3.79. The van der Waals surface area contributed by atoms with E-state index < -0.39 is 41.5 Å². The molecule has 0 spiro atoms. The second-order valence-corrected chi connectivity index (χ2v) is 12.8. The van der Waals surface area contributed by atoms with Crippen LogP contribution in [0.2, 0.25) is 0 Å². The van der Waals surface area contributed by atoms with Gasteiger partial charge in [-0.1, -0.05) is 0 Å². The summed E-state index contributed by atoms with van der Waals surface area (Å²) in [6.45, 7) is 8.83. The summed E-state index contributed by atoms with van der Waals surface area (Å²) in [4.78, 5) is 99.3. The molecule has 2 aliphatic rings. The number of carbonyl (C=O) groups is 7. The number of amides is 5. The number of aromatic nitrogens is 4. The summed E-state index contributed by atoms with van der Waals surface area (Å²) in [5.74, 6) is -4.89. The quantitative estimate of drug-likeness (QED) is 0.0281. The number of nitrogens with zero attached hydrogens (tertiary/aromatic N) is 7.